The van der Waals surface area contributed by atoms with Crippen molar-refractivity contribution in [1.29, 1.82) is 0 Å². The van der Waals surface area contributed by atoms with E-state index in [1.54, 1.807) is 0 Å². The Morgan fingerprint density at radius 2 is 2.40 bits per heavy atom. The molecule has 1 nitrogen and oxygen atoms in total. The van der Waals surface area contributed by atoms with Gasteiger partial charge in [0.05, 0.1) is 11.1 Å². The van der Waals surface area contributed by atoms with Crippen LogP contribution < -0.4 is 0 Å². The summed E-state index contributed by atoms with van der Waals surface area (Å²) in [6.45, 7) is 6.33. The second-order valence-corrected chi connectivity index (χ2v) is 3.63. The van der Waals surface area contributed by atoms with Crippen molar-refractivity contribution in [3.05, 3.63) is 11.0 Å². The summed E-state index contributed by atoms with van der Waals surface area (Å²) in [5, 5.41) is 1.21. The average Bonchev–Trinajstić information content (AvgIpc) is 2.30. The van der Waals surface area contributed by atoms with Gasteiger partial charge in [-0.2, -0.15) is 0 Å². The largest absolute Gasteiger partial charge is 0.274 e. The van der Waals surface area contributed by atoms with Crippen LogP contribution in [0.5, 0.6) is 0 Å². The summed E-state index contributed by atoms with van der Waals surface area (Å²) >= 11 is 1.81. The average molecular weight is 155 g/mol. The van der Waals surface area contributed by atoms with Gasteiger partial charge in [-0.3, -0.25) is 4.99 Å². The highest BCUT2D eigenvalue weighted by molar-refractivity contribution is 8.17. The van der Waals surface area contributed by atoms with Crippen LogP contribution in [-0.2, 0) is 0 Å². The Morgan fingerprint density at radius 1 is 1.70 bits per heavy atom. The van der Waals surface area contributed by atoms with Crippen LogP contribution in [-0.4, -0.2) is 11.1 Å². The zero-order valence-electron chi connectivity index (χ0n) is 6.72. The van der Waals surface area contributed by atoms with Crippen LogP contribution in [0.25, 0.3) is 0 Å². The summed E-state index contributed by atoms with van der Waals surface area (Å²) < 4.78 is 0. The summed E-state index contributed by atoms with van der Waals surface area (Å²) in [6, 6.07) is 0.468. The summed E-state index contributed by atoms with van der Waals surface area (Å²) in [4.78, 5) is 5.89. The van der Waals surface area contributed by atoms with Crippen LogP contribution in [0.4, 0.5) is 0 Å². The molecule has 0 radical (unpaired) electrons. The molecule has 56 valence electrons. The van der Waals surface area contributed by atoms with E-state index in [1.807, 2.05) is 11.8 Å². The van der Waals surface area contributed by atoms with E-state index in [0.717, 1.165) is 6.42 Å². The topological polar surface area (TPSA) is 12.4 Å². The van der Waals surface area contributed by atoms with Gasteiger partial charge in [0.1, 0.15) is 0 Å². The molecule has 2 heteroatoms. The van der Waals surface area contributed by atoms with Crippen molar-refractivity contribution in [1.82, 2.24) is 0 Å². The fraction of sp³-hybridized carbons (Fsp3) is 0.625. The Balaban J connectivity index is 2.70. The Labute approximate surface area is 66.6 Å². The Morgan fingerprint density at radius 3 is 2.80 bits per heavy atom. The van der Waals surface area contributed by atoms with Crippen molar-refractivity contribution < 1.29 is 0 Å². The minimum absolute atomic E-state index is 0.468. The molecule has 0 amide bonds. The molecule has 0 aromatic rings. The third kappa shape index (κ3) is 1.43. The molecule has 1 rings (SSSR count). The highest BCUT2D eigenvalue weighted by Crippen LogP contribution is 2.31. The Kier molecular flexibility index (Phi) is 2.55. The molecule has 1 atom stereocenters. The molecule has 0 saturated heterocycles. The summed E-state index contributed by atoms with van der Waals surface area (Å²) in [5.74, 6) is 0. The molecule has 0 N–H and O–H groups in total. The maximum atomic E-state index is 4.47. The van der Waals surface area contributed by atoms with E-state index in [0.29, 0.717) is 6.04 Å². The fourth-order valence-electron chi connectivity index (χ4n) is 1.09. The van der Waals surface area contributed by atoms with Crippen molar-refractivity contribution >= 4 is 16.8 Å². The van der Waals surface area contributed by atoms with E-state index in [4.69, 9.17) is 0 Å². The summed E-state index contributed by atoms with van der Waals surface area (Å²) in [6.07, 6.45) is 3.29. The van der Waals surface area contributed by atoms with Crippen molar-refractivity contribution in [2.75, 3.05) is 0 Å². The molecule has 0 bridgehead atoms. The third-order valence-corrected chi connectivity index (χ3v) is 2.75. The molecule has 0 aliphatic carbocycles. The van der Waals surface area contributed by atoms with Gasteiger partial charge >= 0.3 is 0 Å². The van der Waals surface area contributed by atoms with Crippen LogP contribution in [0.3, 0.4) is 0 Å². The minimum atomic E-state index is 0.468. The van der Waals surface area contributed by atoms with Crippen LogP contribution in [0, 0.1) is 0 Å². The minimum Gasteiger partial charge on any atom is -0.274 e. The number of aliphatic imine (C=N–C) groups is 1. The Bertz CT molecular complexity index is 182. The van der Waals surface area contributed by atoms with E-state index in [2.05, 4.69) is 31.8 Å². The lowest BCUT2D eigenvalue weighted by molar-refractivity contribution is 0.782. The number of hydrogen-bond acceptors (Lipinski definition) is 2. The third-order valence-electron chi connectivity index (χ3n) is 1.60. The highest BCUT2D eigenvalue weighted by atomic mass is 32.2. The van der Waals surface area contributed by atoms with Gasteiger partial charge in [0.2, 0.25) is 0 Å². The first-order chi connectivity index (χ1) is 4.77. The van der Waals surface area contributed by atoms with E-state index < -0.39 is 0 Å². The molecule has 1 aliphatic rings. The Hall–Kier alpha value is -0.240. The molecule has 0 spiro atoms. The predicted octanol–water partition coefficient (Wildman–Crippen LogP) is 2.83. The molecule has 0 fully saturated rings. The molecule has 0 aromatic heterocycles. The van der Waals surface area contributed by atoms with Gasteiger partial charge in [-0.25, -0.2) is 0 Å². The van der Waals surface area contributed by atoms with Crippen LogP contribution in [0.15, 0.2) is 16.0 Å². The fourth-order valence-corrected chi connectivity index (χ4v) is 2.09. The quantitative estimate of drug-likeness (QED) is 0.567. The smallest absolute Gasteiger partial charge is 0.0814 e. The number of allylic oxidation sites excluding steroid dienone is 1. The number of nitrogens with zero attached hydrogens (tertiary/aromatic N) is 1. The molecule has 1 aliphatic heterocycles. The first kappa shape index (κ1) is 7.86. The van der Waals surface area contributed by atoms with E-state index in [-0.39, 0.29) is 0 Å². The standard InChI is InChI=1S/C8H13NS/c1-4-7-8(5-2)10-6(3)9-7/h5,7H,4H2,1-3H3/b8-5+. The van der Waals surface area contributed by atoms with Gasteiger partial charge in [-0.05, 0) is 20.3 Å². The maximum Gasteiger partial charge on any atom is 0.0814 e. The number of hydrogen-bond donors (Lipinski definition) is 0. The molecular formula is C8H13NS. The lowest BCUT2D eigenvalue weighted by Gasteiger charge is -2.02. The van der Waals surface area contributed by atoms with Gasteiger partial charge in [0, 0.05) is 4.91 Å². The molecule has 10 heavy (non-hydrogen) atoms. The van der Waals surface area contributed by atoms with Crippen LogP contribution >= 0.6 is 11.8 Å². The molecule has 1 unspecified atom stereocenters. The number of thioether (sulfide) groups is 1. The van der Waals surface area contributed by atoms with Gasteiger partial charge in [-0.1, -0.05) is 24.8 Å². The van der Waals surface area contributed by atoms with Crippen molar-refractivity contribution in [3.8, 4) is 0 Å². The summed E-state index contributed by atoms with van der Waals surface area (Å²) in [5.41, 5.74) is 0. The zero-order chi connectivity index (χ0) is 7.56. The second kappa shape index (κ2) is 3.24. The maximum absolute atomic E-state index is 4.47. The zero-order valence-corrected chi connectivity index (χ0v) is 7.53. The molecule has 1 heterocycles. The lowest BCUT2D eigenvalue weighted by Crippen LogP contribution is -1.97. The van der Waals surface area contributed by atoms with Crippen molar-refractivity contribution in [2.24, 2.45) is 4.99 Å². The van der Waals surface area contributed by atoms with Gasteiger partial charge in [-0.15, -0.1) is 0 Å². The van der Waals surface area contributed by atoms with E-state index in [9.17, 15) is 0 Å². The summed E-state index contributed by atoms with van der Waals surface area (Å²) in [7, 11) is 0. The molecule has 0 aromatic carbocycles. The van der Waals surface area contributed by atoms with E-state index in [1.165, 1.54) is 9.95 Å². The van der Waals surface area contributed by atoms with Crippen molar-refractivity contribution in [2.45, 2.75) is 33.2 Å². The van der Waals surface area contributed by atoms with Gasteiger partial charge < -0.3 is 0 Å². The monoisotopic (exact) mass is 155 g/mol. The first-order valence-corrected chi connectivity index (χ1v) is 4.48. The normalized spacial score (nSPS) is 29.3. The second-order valence-electron chi connectivity index (χ2n) is 2.37. The van der Waals surface area contributed by atoms with E-state index >= 15 is 0 Å². The predicted molar refractivity (Wildman–Crippen MR) is 48.5 cm³/mol. The van der Waals surface area contributed by atoms with Crippen molar-refractivity contribution in [3.63, 3.8) is 0 Å². The van der Waals surface area contributed by atoms with Crippen LogP contribution in [0.1, 0.15) is 27.2 Å². The lowest BCUT2D eigenvalue weighted by atomic mass is 10.2. The number of rotatable bonds is 1. The molecular weight excluding hydrogens is 142 g/mol. The SMILES string of the molecule is C/C=C1/SC(C)=NC1CC. The highest BCUT2D eigenvalue weighted by Gasteiger charge is 2.18. The van der Waals surface area contributed by atoms with Gasteiger partial charge in [0.25, 0.3) is 0 Å². The van der Waals surface area contributed by atoms with Crippen LogP contribution in [0.2, 0.25) is 0 Å². The molecule has 0 saturated carbocycles. The first-order valence-electron chi connectivity index (χ1n) is 3.66. The van der Waals surface area contributed by atoms with Gasteiger partial charge in [0.15, 0.2) is 0 Å².